The molecule has 1 unspecified atom stereocenters. The molecule has 1 aliphatic rings. The van der Waals surface area contributed by atoms with Gasteiger partial charge in [0.2, 0.25) is 5.95 Å². The molecule has 4 rings (SSSR count). The van der Waals surface area contributed by atoms with Gasteiger partial charge >= 0.3 is 6.18 Å². The summed E-state index contributed by atoms with van der Waals surface area (Å²) in [4.78, 5) is 14.9. The number of hydrogen-bond donors (Lipinski definition) is 2. The largest absolute Gasteiger partial charge is 0.496 e. The van der Waals surface area contributed by atoms with E-state index in [4.69, 9.17) is 16.0 Å². The first-order valence-corrected chi connectivity index (χ1v) is 14.2. The number of fused-ring (bicyclic) bond motifs is 1. The molecule has 3 heterocycles. The van der Waals surface area contributed by atoms with E-state index < -0.39 is 12.2 Å². The maximum atomic E-state index is 13.8. The van der Waals surface area contributed by atoms with Gasteiger partial charge in [-0.1, -0.05) is 30.9 Å². The van der Waals surface area contributed by atoms with Gasteiger partial charge in [-0.2, -0.15) is 23.3 Å². The van der Waals surface area contributed by atoms with Gasteiger partial charge in [-0.05, 0) is 30.9 Å². The van der Waals surface area contributed by atoms with Crippen LogP contribution in [0.2, 0.25) is 0 Å². The number of anilines is 3. The van der Waals surface area contributed by atoms with Crippen molar-refractivity contribution in [1.29, 1.82) is 0 Å². The van der Waals surface area contributed by atoms with Gasteiger partial charge < -0.3 is 20.7 Å². The molecule has 1 fully saturated rings. The highest BCUT2D eigenvalue weighted by molar-refractivity contribution is 5.85. The van der Waals surface area contributed by atoms with Crippen molar-refractivity contribution in [3.63, 3.8) is 0 Å². The number of benzene rings is 1. The molecule has 0 saturated carbocycles. The Labute approximate surface area is 242 Å². The van der Waals surface area contributed by atoms with Crippen molar-refractivity contribution in [1.82, 2.24) is 24.6 Å². The Hall–Kier alpha value is -3.97. The predicted molar refractivity (Wildman–Crippen MR) is 157 cm³/mol. The van der Waals surface area contributed by atoms with E-state index in [0.29, 0.717) is 68.2 Å². The quantitative estimate of drug-likeness (QED) is 0.113. The summed E-state index contributed by atoms with van der Waals surface area (Å²) in [6.45, 7) is 5.03. The van der Waals surface area contributed by atoms with Gasteiger partial charge in [-0.3, -0.25) is 9.58 Å². The smallest absolute Gasteiger partial charge is 0.404 e. The van der Waals surface area contributed by atoms with Crippen LogP contribution in [-0.2, 0) is 6.54 Å². The number of unbranched alkanes of at least 4 members (excludes halogenated alkanes) is 2. The zero-order valence-electron chi connectivity index (χ0n) is 24.0. The molecule has 0 radical (unpaired) electrons. The van der Waals surface area contributed by atoms with Crippen LogP contribution in [0.25, 0.3) is 21.5 Å². The number of nitrogens with zero attached hydrogens (tertiary/aromatic N) is 9. The summed E-state index contributed by atoms with van der Waals surface area (Å²) in [5, 5.41) is 11.4. The SMILES string of the molecule is CCCCNc1nc(N)nc2cn(Cc3ccc(N4CCN(C(CCCCN=[N+]=[N-])C(F)(F)F)CC4)cc3OC)nc12. The second kappa shape index (κ2) is 14.3. The van der Waals surface area contributed by atoms with E-state index in [1.807, 2.05) is 24.4 Å². The third-order valence-corrected chi connectivity index (χ3v) is 7.40. The second-order valence-corrected chi connectivity index (χ2v) is 10.3. The van der Waals surface area contributed by atoms with Gasteiger partial charge in [0.05, 0.1) is 19.9 Å². The van der Waals surface area contributed by atoms with Crippen LogP contribution in [0.1, 0.15) is 44.6 Å². The molecule has 15 heteroatoms. The number of nitrogens with one attached hydrogen (secondary N) is 1. The van der Waals surface area contributed by atoms with E-state index in [1.54, 1.807) is 11.8 Å². The van der Waals surface area contributed by atoms with Crippen molar-refractivity contribution in [2.75, 3.05) is 62.3 Å². The number of ether oxygens (including phenoxy) is 1. The third kappa shape index (κ3) is 7.85. The number of piperazine rings is 1. The minimum absolute atomic E-state index is 0.0100. The first-order chi connectivity index (χ1) is 20.2. The van der Waals surface area contributed by atoms with Crippen LogP contribution in [0.3, 0.4) is 0 Å². The summed E-state index contributed by atoms with van der Waals surface area (Å²) >= 11 is 0. The molecular formula is C27H38F3N11O. The maximum absolute atomic E-state index is 13.8. The lowest BCUT2D eigenvalue weighted by Gasteiger charge is -2.41. The molecule has 1 aromatic carbocycles. The van der Waals surface area contributed by atoms with Crippen LogP contribution in [0, 0.1) is 0 Å². The lowest BCUT2D eigenvalue weighted by Crippen LogP contribution is -2.54. The standard InChI is InChI=1S/C27H38F3N11O/c1-3-4-10-33-25-24-21(35-26(31)36-25)18-41(37-24)17-19-8-9-20(16-22(19)42-2)39-12-14-40(15-13-39)23(27(28,29)30)7-5-6-11-34-38-32/h8-9,16,18,23H,3-7,10-15,17H2,1-2H3,(H3,31,33,35,36). The summed E-state index contributed by atoms with van der Waals surface area (Å²) in [5.41, 5.74) is 17.3. The lowest BCUT2D eigenvalue weighted by molar-refractivity contribution is -0.186. The average molecular weight is 590 g/mol. The Balaban J connectivity index is 1.42. The van der Waals surface area contributed by atoms with Crippen LogP contribution in [0.15, 0.2) is 29.5 Å². The molecule has 0 spiro atoms. The van der Waals surface area contributed by atoms with Gasteiger partial charge in [-0.15, -0.1) is 0 Å². The molecule has 42 heavy (non-hydrogen) atoms. The van der Waals surface area contributed by atoms with Gasteiger partial charge in [0.15, 0.2) is 11.3 Å². The monoisotopic (exact) mass is 589 g/mol. The average Bonchev–Trinajstić information content (AvgIpc) is 3.37. The van der Waals surface area contributed by atoms with Crippen molar-refractivity contribution >= 4 is 28.5 Å². The molecule has 1 aliphatic heterocycles. The van der Waals surface area contributed by atoms with E-state index in [0.717, 1.165) is 30.6 Å². The zero-order chi connectivity index (χ0) is 30.1. The number of nitrogen functional groups attached to an aromatic ring is 1. The number of azide groups is 1. The topological polar surface area (TPSA) is 146 Å². The first-order valence-electron chi connectivity index (χ1n) is 14.2. The number of halogens is 3. The van der Waals surface area contributed by atoms with E-state index in [1.165, 1.54) is 4.90 Å². The highest BCUT2D eigenvalue weighted by Gasteiger charge is 2.43. The Morgan fingerprint density at radius 3 is 2.64 bits per heavy atom. The third-order valence-electron chi connectivity index (χ3n) is 7.40. The molecule has 0 bridgehead atoms. The fraction of sp³-hybridized carbons (Fsp3) is 0.593. The molecule has 0 aliphatic carbocycles. The van der Waals surface area contributed by atoms with Crippen molar-refractivity contribution in [3.8, 4) is 5.75 Å². The van der Waals surface area contributed by atoms with Crippen molar-refractivity contribution in [2.24, 2.45) is 5.11 Å². The fourth-order valence-electron chi connectivity index (χ4n) is 5.21. The van der Waals surface area contributed by atoms with Gasteiger partial charge in [-0.25, -0.2) is 4.98 Å². The minimum atomic E-state index is -4.31. The Morgan fingerprint density at radius 1 is 1.17 bits per heavy atom. The predicted octanol–water partition coefficient (Wildman–Crippen LogP) is 5.21. The summed E-state index contributed by atoms with van der Waals surface area (Å²) in [6, 6.07) is 4.33. The number of nitrogens with two attached hydrogens (primary N) is 1. The summed E-state index contributed by atoms with van der Waals surface area (Å²) in [5.74, 6) is 1.44. The Kier molecular flexibility index (Phi) is 10.5. The van der Waals surface area contributed by atoms with E-state index >= 15 is 0 Å². The second-order valence-electron chi connectivity index (χ2n) is 10.3. The fourth-order valence-corrected chi connectivity index (χ4v) is 5.21. The van der Waals surface area contributed by atoms with Gasteiger partial charge in [0, 0.05) is 61.5 Å². The molecule has 3 N–H and O–H groups in total. The molecule has 2 aromatic heterocycles. The number of rotatable bonds is 14. The van der Waals surface area contributed by atoms with Crippen molar-refractivity contribution in [2.45, 2.75) is 57.8 Å². The zero-order valence-corrected chi connectivity index (χ0v) is 24.0. The van der Waals surface area contributed by atoms with Crippen LogP contribution < -0.4 is 20.7 Å². The van der Waals surface area contributed by atoms with E-state index in [2.05, 4.69) is 42.2 Å². The van der Waals surface area contributed by atoms with Crippen LogP contribution >= 0.6 is 0 Å². The highest BCUT2D eigenvalue weighted by atomic mass is 19.4. The van der Waals surface area contributed by atoms with Crippen molar-refractivity contribution in [3.05, 3.63) is 40.4 Å². The minimum Gasteiger partial charge on any atom is -0.496 e. The van der Waals surface area contributed by atoms with Crippen molar-refractivity contribution < 1.29 is 17.9 Å². The van der Waals surface area contributed by atoms with E-state index in [9.17, 15) is 13.2 Å². The lowest BCUT2D eigenvalue weighted by atomic mass is 10.1. The summed E-state index contributed by atoms with van der Waals surface area (Å²) < 4.78 is 48.9. The summed E-state index contributed by atoms with van der Waals surface area (Å²) in [7, 11) is 1.60. The Bertz CT molecular complexity index is 1370. The molecular weight excluding hydrogens is 551 g/mol. The van der Waals surface area contributed by atoms with Crippen LogP contribution in [-0.4, -0.2) is 83.2 Å². The normalized spacial score (nSPS) is 15.0. The van der Waals surface area contributed by atoms with Crippen LogP contribution in [0.4, 0.5) is 30.6 Å². The number of methoxy groups -OCH3 is 1. The first kappa shape index (κ1) is 31.0. The molecule has 0 amide bonds. The number of aromatic nitrogens is 4. The van der Waals surface area contributed by atoms with Crippen LogP contribution in [0.5, 0.6) is 5.75 Å². The Morgan fingerprint density at radius 2 is 1.95 bits per heavy atom. The van der Waals surface area contributed by atoms with E-state index in [-0.39, 0.29) is 18.9 Å². The highest BCUT2D eigenvalue weighted by Crippen LogP contribution is 2.32. The number of hydrogen-bond acceptors (Lipinski definition) is 9. The molecule has 3 aromatic rings. The van der Waals surface area contributed by atoms with Gasteiger partial charge in [0.1, 0.15) is 17.3 Å². The summed E-state index contributed by atoms with van der Waals surface area (Å²) in [6.07, 6.45) is 0.329. The molecule has 228 valence electrons. The molecule has 12 nitrogen and oxygen atoms in total. The maximum Gasteiger partial charge on any atom is 0.404 e. The molecule has 1 atom stereocenters. The molecule has 1 saturated heterocycles. The van der Waals surface area contributed by atoms with Gasteiger partial charge in [0.25, 0.3) is 0 Å². The number of alkyl halides is 3.